The standard InChI is InChI=1S/C13H17BrN2O/c1-3-7-15-8-6-13(17)16-12-5-4-10(2)9-11(12)14/h3-5,9,15H,1,6-8H2,2H3,(H,16,17). The smallest absolute Gasteiger partial charge is 0.225 e. The van der Waals surface area contributed by atoms with E-state index in [1.807, 2.05) is 25.1 Å². The Kier molecular flexibility index (Phi) is 5.94. The van der Waals surface area contributed by atoms with Gasteiger partial charge in [-0.15, -0.1) is 6.58 Å². The topological polar surface area (TPSA) is 41.1 Å². The Hall–Kier alpha value is -1.13. The largest absolute Gasteiger partial charge is 0.325 e. The SMILES string of the molecule is C=CCNCCC(=O)Nc1ccc(C)cc1Br. The molecule has 1 amide bonds. The number of amides is 1. The highest BCUT2D eigenvalue weighted by Crippen LogP contribution is 2.23. The van der Waals surface area contributed by atoms with E-state index in [0.717, 1.165) is 22.3 Å². The molecule has 0 spiro atoms. The summed E-state index contributed by atoms with van der Waals surface area (Å²) >= 11 is 3.43. The average molecular weight is 297 g/mol. The highest BCUT2D eigenvalue weighted by atomic mass is 79.9. The maximum absolute atomic E-state index is 11.6. The maximum atomic E-state index is 11.6. The molecule has 0 atom stereocenters. The number of carbonyl (C=O) groups is 1. The lowest BCUT2D eigenvalue weighted by Crippen LogP contribution is -2.21. The van der Waals surface area contributed by atoms with Crippen LogP contribution >= 0.6 is 15.9 Å². The lowest BCUT2D eigenvalue weighted by Gasteiger charge is -2.08. The molecule has 1 aromatic carbocycles. The lowest BCUT2D eigenvalue weighted by molar-refractivity contribution is -0.116. The first-order valence-corrected chi connectivity index (χ1v) is 6.30. The van der Waals surface area contributed by atoms with Crippen LogP contribution in [-0.4, -0.2) is 19.0 Å². The normalized spacial score (nSPS) is 10.0. The molecule has 92 valence electrons. The Labute approximate surface area is 110 Å². The van der Waals surface area contributed by atoms with Crippen molar-refractivity contribution in [1.29, 1.82) is 0 Å². The minimum Gasteiger partial charge on any atom is -0.325 e. The number of carbonyl (C=O) groups excluding carboxylic acids is 1. The third kappa shape index (κ3) is 5.15. The molecule has 0 unspecified atom stereocenters. The number of benzene rings is 1. The predicted octanol–water partition coefficient (Wildman–Crippen LogP) is 2.86. The molecule has 0 aliphatic heterocycles. The molecule has 4 heteroatoms. The van der Waals surface area contributed by atoms with Gasteiger partial charge in [0.2, 0.25) is 5.91 Å². The monoisotopic (exact) mass is 296 g/mol. The molecule has 0 aromatic heterocycles. The second kappa shape index (κ2) is 7.25. The van der Waals surface area contributed by atoms with Gasteiger partial charge in [-0.3, -0.25) is 4.79 Å². The fourth-order valence-corrected chi connectivity index (χ4v) is 1.93. The van der Waals surface area contributed by atoms with Gasteiger partial charge in [-0.1, -0.05) is 12.1 Å². The highest BCUT2D eigenvalue weighted by molar-refractivity contribution is 9.10. The van der Waals surface area contributed by atoms with E-state index in [0.29, 0.717) is 13.0 Å². The molecule has 0 fully saturated rings. The highest BCUT2D eigenvalue weighted by Gasteiger charge is 2.04. The molecule has 1 rings (SSSR count). The van der Waals surface area contributed by atoms with Crippen LogP contribution in [0, 0.1) is 6.92 Å². The molecule has 0 aliphatic carbocycles. The molecule has 0 aliphatic rings. The van der Waals surface area contributed by atoms with Crippen LogP contribution in [0.4, 0.5) is 5.69 Å². The van der Waals surface area contributed by atoms with E-state index in [9.17, 15) is 4.79 Å². The molecule has 0 radical (unpaired) electrons. The Morgan fingerprint density at radius 1 is 1.53 bits per heavy atom. The summed E-state index contributed by atoms with van der Waals surface area (Å²) in [6, 6.07) is 5.84. The van der Waals surface area contributed by atoms with Crippen LogP contribution in [0.3, 0.4) is 0 Å². The summed E-state index contributed by atoms with van der Waals surface area (Å²) in [5, 5.41) is 5.95. The van der Waals surface area contributed by atoms with E-state index >= 15 is 0 Å². The van der Waals surface area contributed by atoms with Gasteiger partial charge in [0.25, 0.3) is 0 Å². The van der Waals surface area contributed by atoms with Gasteiger partial charge in [0.1, 0.15) is 0 Å². The van der Waals surface area contributed by atoms with Crippen molar-refractivity contribution in [1.82, 2.24) is 5.32 Å². The molecule has 0 bridgehead atoms. The number of hydrogen-bond acceptors (Lipinski definition) is 2. The Morgan fingerprint density at radius 2 is 2.29 bits per heavy atom. The molecule has 0 heterocycles. The van der Waals surface area contributed by atoms with Crippen molar-refractivity contribution in [3.05, 3.63) is 40.9 Å². The quantitative estimate of drug-likeness (QED) is 0.626. The first-order valence-electron chi connectivity index (χ1n) is 5.51. The van der Waals surface area contributed by atoms with Gasteiger partial charge in [0, 0.05) is 24.0 Å². The molecule has 0 saturated heterocycles. The van der Waals surface area contributed by atoms with Gasteiger partial charge in [-0.2, -0.15) is 0 Å². The van der Waals surface area contributed by atoms with E-state index in [2.05, 4.69) is 33.1 Å². The molecule has 0 saturated carbocycles. The third-order valence-corrected chi connectivity index (χ3v) is 2.87. The van der Waals surface area contributed by atoms with Crippen molar-refractivity contribution in [3.8, 4) is 0 Å². The summed E-state index contributed by atoms with van der Waals surface area (Å²) in [4.78, 5) is 11.6. The van der Waals surface area contributed by atoms with E-state index in [1.165, 1.54) is 0 Å². The van der Waals surface area contributed by atoms with Gasteiger partial charge in [0.15, 0.2) is 0 Å². The van der Waals surface area contributed by atoms with Crippen molar-refractivity contribution in [2.45, 2.75) is 13.3 Å². The zero-order valence-corrected chi connectivity index (χ0v) is 11.5. The number of nitrogens with one attached hydrogen (secondary N) is 2. The number of halogens is 1. The fraction of sp³-hybridized carbons (Fsp3) is 0.308. The predicted molar refractivity (Wildman–Crippen MR) is 75.2 cm³/mol. The van der Waals surface area contributed by atoms with Crippen LogP contribution in [0.1, 0.15) is 12.0 Å². The van der Waals surface area contributed by atoms with Crippen molar-refractivity contribution < 1.29 is 4.79 Å². The third-order valence-electron chi connectivity index (χ3n) is 2.22. The minimum absolute atomic E-state index is 0.00566. The van der Waals surface area contributed by atoms with Crippen LogP contribution in [0.5, 0.6) is 0 Å². The number of rotatable bonds is 6. The van der Waals surface area contributed by atoms with Crippen LogP contribution < -0.4 is 10.6 Å². The van der Waals surface area contributed by atoms with Crippen LogP contribution in [0.2, 0.25) is 0 Å². The summed E-state index contributed by atoms with van der Waals surface area (Å²) in [7, 11) is 0. The van der Waals surface area contributed by atoms with Crippen LogP contribution in [0.15, 0.2) is 35.3 Å². The first kappa shape index (κ1) is 13.9. The molecule has 17 heavy (non-hydrogen) atoms. The summed E-state index contributed by atoms with van der Waals surface area (Å²) in [6.45, 7) is 6.98. The second-order valence-corrected chi connectivity index (χ2v) is 4.63. The summed E-state index contributed by atoms with van der Waals surface area (Å²) < 4.78 is 0.907. The van der Waals surface area contributed by atoms with Crippen LogP contribution in [-0.2, 0) is 4.79 Å². The van der Waals surface area contributed by atoms with E-state index in [4.69, 9.17) is 0 Å². The van der Waals surface area contributed by atoms with Crippen molar-refractivity contribution in [3.63, 3.8) is 0 Å². The number of aryl methyl sites for hydroxylation is 1. The summed E-state index contributed by atoms with van der Waals surface area (Å²) in [5.74, 6) is 0.00566. The number of anilines is 1. The average Bonchev–Trinajstić information content (AvgIpc) is 2.28. The van der Waals surface area contributed by atoms with Crippen molar-refractivity contribution in [2.24, 2.45) is 0 Å². The van der Waals surface area contributed by atoms with Crippen LogP contribution in [0.25, 0.3) is 0 Å². The maximum Gasteiger partial charge on any atom is 0.225 e. The molecular weight excluding hydrogens is 280 g/mol. The Morgan fingerprint density at radius 3 is 2.94 bits per heavy atom. The summed E-state index contributed by atoms with van der Waals surface area (Å²) in [6.07, 6.45) is 2.22. The first-order chi connectivity index (χ1) is 8.13. The zero-order valence-electron chi connectivity index (χ0n) is 9.92. The lowest BCUT2D eigenvalue weighted by atomic mass is 10.2. The van der Waals surface area contributed by atoms with Gasteiger partial charge in [0.05, 0.1) is 5.69 Å². The summed E-state index contributed by atoms with van der Waals surface area (Å²) in [5.41, 5.74) is 1.96. The minimum atomic E-state index is 0.00566. The van der Waals surface area contributed by atoms with Gasteiger partial charge >= 0.3 is 0 Å². The van der Waals surface area contributed by atoms with Gasteiger partial charge in [-0.05, 0) is 40.5 Å². The zero-order chi connectivity index (χ0) is 12.7. The van der Waals surface area contributed by atoms with E-state index < -0.39 is 0 Å². The molecular formula is C13H17BrN2O. The Bertz CT molecular complexity index is 404. The van der Waals surface area contributed by atoms with E-state index in [1.54, 1.807) is 6.08 Å². The number of hydrogen-bond donors (Lipinski definition) is 2. The van der Waals surface area contributed by atoms with Crippen molar-refractivity contribution in [2.75, 3.05) is 18.4 Å². The molecule has 1 aromatic rings. The fourth-order valence-electron chi connectivity index (χ4n) is 1.34. The van der Waals surface area contributed by atoms with Gasteiger partial charge in [-0.25, -0.2) is 0 Å². The van der Waals surface area contributed by atoms with Crippen molar-refractivity contribution >= 4 is 27.5 Å². The second-order valence-electron chi connectivity index (χ2n) is 3.77. The Balaban J connectivity index is 2.42. The molecule has 3 nitrogen and oxygen atoms in total. The molecule has 2 N–H and O–H groups in total. The van der Waals surface area contributed by atoms with E-state index in [-0.39, 0.29) is 5.91 Å². The van der Waals surface area contributed by atoms with Gasteiger partial charge < -0.3 is 10.6 Å².